The molecule has 6 nitrogen and oxygen atoms in total. The molecule has 0 saturated carbocycles. The van der Waals surface area contributed by atoms with Crippen molar-refractivity contribution in [2.75, 3.05) is 0 Å². The summed E-state index contributed by atoms with van der Waals surface area (Å²) in [6.45, 7) is 0. The fourth-order valence-corrected chi connectivity index (χ4v) is 3.13. The van der Waals surface area contributed by atoms with Crippen molar-refractivity contribution >= 4 is 20.3 Å². The van der Waals surface area contributed by atoms with Crippen LogP contribution in [0.2, 0.25) is 0 Å². The largest absolute Gasteiger partial charge is 0.480 e. The van der Waals surface area contributed by atoms with Crippen molar-refractivity contribution in [3.8, 4) is 0 Å². The van der Waals surface area contributed by atoms with Gasteiger partial charge >= 0.3 is 11.7 Å². The third-order valence-corrected chi connectivity index (χ3v) is 4.64. The molecule has 0 aliphatic rings. The van der Waals surface area contributed by atoms with Crippen LogP contribution >= 0.6 is 0 Å². The summed E-state index contributed by atoms with van der Waals surface area (Å²) in [5, 5.41) is 0. The van der Waals surface area contributed by atoms with Gasteiger partial charge in [0.15, 0.2) is 16.1 Å². The van der Waals surface area contributed by atoms with Crippen LogP contribution in [0.25, 0.3) is 4.13 Å². The number of sulfonamides is 1. The molecule has 0 heterocycles. The molecule has 132 valence electrons. The van der Waals surface area contributed by atoms with Crippen LogP contribution in [-0.2, 0) is 24.5 Å². The minimum Gasteiger partial charge on any atom is -0.404 e. The molecule has 1 rings (SSSR count). The summed E-state index contributed by atoms with van der Waals surface area (Å²) in [5.41, 5.74) is -6.88. The van der Waals surface area contributed by atoms with E-state index in [2.05, 4.69) is 4.18 Å². The van der Waals surface area contributed by atoms with E-state index in [0.29, 0.717) is 0 Å². The lowest BCUT2D eigenvalue weighted by Gasteiger charge is -2.26. The molecular formula is C9H6F6NO5S2-. The summed E-state index contributed by atoms with van der Waals surface area (Å²) in [6, 6.07) is 5.00. The first-order valence-corrected chi connectivity index (χ1v) is 8.07. The number of halogens is 6. The maximum atomic E-state index is 12.8. The SMILES string of the molecule is O=S(=O)([N-]S(=O)(=O)C(F)(F)F)O[C@H](c1ccccc1)C(F)(F)F. The fourth-order valence-electron chi connectivity index (χ4n) is 1.23. The fraction of sp³-hybridized carbons (Fsp3) is 0.333. The van der Waals surface area contributed by atoms with Gasteiger partial charge in [0.1, 0.15) is 0 Å². The van der Waals surface area contributed by atoms with Crippen LogP contribution < -0.4 is 0 Å². The summed E-state index contributed by atoms with van der Waals surface area (Å²) in [7, 11) is -12.6. The molecule has 0 spiro atoms. The maximum absolute atomic E-state index is 12.8. The highest BCUT2D eigenvalue weighted by Crippen LogP contribution is 2.39. The van der Waals surface area contributed by atoms with Gasteiger partial charge in [-0.1, -0.05) is 30.3 Å². The number of alkyl halides is 6. The normalized spacial score (nSPS) is 15.4. The average Bonchev–Trinajstić information content (AvgIpc) is 2.33. The van der Waals surface area contributed by atoms with Gasteiger partial charge in [0, 0.05) is 0 Å². The van der Waals surface area contributed by atoms with Gasteiger partial charge in [-0.3, -0.25) is 4.18 Å². The van der Waals surface area contributed by atoms with Crippen molar-refractivity contribution in [3.05, 3.63) is 40.0 Å². The molecule has 0 amide bonds. The van der Waals surface area contributed by atoms with Crippen LogP contribution in [0.15, 0.2) is 30.3 Å². The van der Waals surface area contributed by atoms with Gasteiger partial charge in [-0.25, -0.2) is 16.8 Å². The molecule has 0 fully saturated rings. The van der Waals surface area contributed by atoms with Crippen LogP contribution in [-0.4, -0.2) is 28.5 Å². The zero-order chi connectivity index (χ0) is 18.1. The van der Waals surface area contributed by atoms with E-state index in [9.17, 15) is 43.2 Å². The van der Waals surface area contributed by atoms with Crippen molar-refractivity contribution < 1.29 is 47.4 Å². The Morgan fingerprint density at radius 3 is 1.78 bits per heavy atom. The Hall–Kier alpha value is -1.38. The standard InChI is InChI=1S/C9H6F6NO5S2/c10-8(11,12)7(6-4-2-1-3-5-6)21-23(19,20)16-22(17,18)9(13,14)15/h1-5,7H/q-1/t7-/m1/s1. The summed E-state index contributed by atoms with van der Waals surface area (Å²) >= 11 is 0. The second-order valence-electron chi connectivity index (χ2n) is 3.85. The molecule has 0 N–H and O–H groups in total. The van der Waals surface area contributed by atoms with E-state index >= 15 is 0 Å². The average molecular weight is 386 g/mol. The number of hydrogen-bond acceptors (Lipinski definition) is 5. The minimum absolute atomic E-state index is 0.775. The number of benzene rings is 1. The lowest BCUT2D eigenvalue weighted by molar-refractivity contribution is -0.196. The molecule has 0 aliphatic carbocycles. The van der Waals surface area contributed by atoms with Gasteiger partial charge in [0.25, 0.3) is 0 Å². The zero-order valence-corrected chi connectivity index (χ0v) is 12.2. The van der Waals surface area contributed by atoms with Gasteiger partial charge in [0.2, 0.25) is 10.3 Å². The summed E-state index contributed by atoms with van der Waals surface area (Å²) in [6.07, 6.45) is -8.58. The minimum atomic E-state index is -6.58. The van der Waals surface area contributed by atoms with E-state index < -0.39 is 43.7 Å². The first-order chi connectivity index (χ1) is 10.2. The zero-order valence-electron chi connectivity index (χ0n) is 10.5. The van der Waals surface area contributed by atoms with E-state index in [0.717, 1.165) is 24.3 Å². The van der Waals surface area contributed by atoms with E-state index in [1.54, 1.807) is 0 Å². The molecule has 0 aromatic heterocycles. The van der Waals surface area contributed by atoms with E-state index in [-0.39, 0.29) is 0 Å². The Labute approximate surface area is 126 Å². The van der Waals surface area contributed by atoms with Crippen LogP contribution in [0, 0.1) is 0 Å². The highest BCUT2D eigenvalue weighted by atomic mass is 32.3. The van der Waals surface area contributed by atoms with Crippen molar-refractivity contribution in [3.63, 3.8) is 0 Å². The Balaban J connectivity index is 3.15. The van der Waals surface area contributed by atoms with Crippen molar-refractivity contribution in [2.45, 2.75) is 17.8 Å². The second-order valence-corrected chi connectivity index (χ2v) is 6.91. The van der Waals surface area contributed by atoms with Gasteiger partial charge in [-0.05, 0) is 5.56 Å². The van der Waals surface area contributed by atoms with Crippen molar-refractivity contribution in [1.29, 1.82) is 0 Å². The highest BCUT2D eigenvalue weighted by Gasteiger charge is 2.45. The Morgan fingerprint density at radius 2 is 1.39 bits per heavy atom. The Kier molecular flexibility index (Phi) is 5.35. The summed E-state index contributed by atoms with van der Waals surface area (Å²) < 4.78 is 123. The van der Waals surface area contributed by atoms with E-state index in [4.69, 9.17) is 0 Å². The Bertz CT molecular complexity index is 741. The molecule has 0 saturated heterocycles. The number of hydrogen-bond donors (Lipinski definition) is 0. The van der Waals surface area contributed by atoms with Gasteiger partial charge in [0.05, 0.1) is 0 Å². The molecular weight excluding hydrogens is 380 g/mol. The molecule has 0 radical (unpaired) electrons. The predicted octanol–water partition coefficient (Wildman–Crippen LogP) is 2.77. The molecule has 23 heavy (non-hydrogen) atoms. The monoisotopic (exact) mass is 386 g/mol. The molecule has 1 atom stereocenters. The molecule has 0 unspecified atom stereocenters. The molecule has 14 heteroatoms. The molecule has 1 aromatic rings. The Morgan fingerprint density at radius 1 is 0.913 bits per heavy atom. The molecule has 1 aromatic carbocycles. The first-order valence-electron chi connectivity index (χ1n) is 5.26. The van der Waals surface area contributed by atoms with Crippen molar-refractivity contribution in [1.82, 2.24) is 0 Å². The second kappa shape index (κ2) is 6.26. The predicted molar refractivity (Wildman–Crippen MR) is 63.6 cm³/mol. The number of rotatable bonds is 5. The summed E-state index contributed by atoms with van der Waals surface area (Å²) in [5.74, 6) is 0. The van der Waals surface area contributed by atoms with Gasteiger partial charge < -0.3 is 4.13 Å². The van der Waals surface area contributed by atoms with Crippen molar-refractivity contribution in [2.24, 2.45) is 0 Å². The third-order valence-electron chi connectivity index (χ3n) is 2.10. The van der Waals surface area contributed by atoms with Crippen LogP contribution in [0.5, 0.6) is 0 Å². The lowest BCUT2D eigenvalue weighted by atomic mass is 10.1. The highest BCUT2D eigenvalue weighted by molar-refractivity contribution is 8.10. The topological polar surface area (TPSA) is 91.6 Å². The maximum Gasteiger partial charge on any atom is 0.480 e. The lowest BCUT2D eigenvalue weighted by Crippen LogP contribution is -2.29. The van der Waals surface area contributed by atoms with Crippen LogP contribution in [0.3, 0.4) is 0 Å². The quantitative estimate of drug-likeness (QED) is 0.726. The van der Waals surface area contributed by atoms with E-state index in [1.165, 1.54) is 10.2 Å². The third kappa shape index (κ3) is 5.33. The molecule has 0 bridgehead atoms. The first kappa shape index (κ1) is 19.7. The van der Waals surface area contributed by atoms with Crippen LogP contribution in [0.1, 0.15) is 11.7 Å². The van der Waals surface area contributed by atoms with Crippen LogP contribution in [0.4, 0.5) is 26.3 Å². The summed E-state index contributed by atoms with van der Waals surface area (Å²) in [4.78, 5) is 0. The smallest absolute Gasteiger partial charge is 0.404 e. The van der Waals surface area contributed by atoms with Gasteiger partial charge in [-0.2, -0.15) is 26.3 Å². The number of nitrogens with zero attached hydrogens (tertiary/aromatic N) is 1. The molecule has 0 aliphatic heterocycles. The van der Waals surface area contributed by atoms with E-state index in [1.807, 2.05) is 0 Å². The van der Waals surface area contributed by atoms with Gasteiger partial charge in [-0.15, -0.1) is 0 Å².